The van der Waals surface area contributed by atoms with E-state index in [4.69, 9.17) is 4.52 Å². The van der Waals surface area contributed by atoms with Gasteiger partial charge in [-0.1, -0.05) is 5.16 Å². The molecule has 2 aromatic rings. The summed E-state index contributed by atoms with van der Waals surface area (Å²) < 4.78 is 4.71. The maximum atomic E-state index is 4.71. The van der Waals surface area contributed by atoms with Crippen LogP contribution in [0.3, 0.4) is 0 Å². The lowest BCUT2D eigenvalue weighted by atomic mass is 10.2. The standard InChI is InChI=1S/C8H7N3O/c1-6-8(10-4-3-9-6)7-2-5-12-11-7/h2-5H,1H3. The molecule has 0 saturated heterocycles. The van der Waals surface area contributed by atoms with Crippen LogP contribution in [0.5, 0.6) is 0 Å². The molecule has 0 atom stereocenters. The molecule has 0 radical (unpaired) electrons. The molecule has 0 N–H and O–H groups in total. The van der Waals surface area contributed by atoms with E-state index in [1.807, 2.05) is 6.92 Å². The quantitative estimate of drug-likeness (QED) is 0.635. The Hall–Kier alpha value is -1.71. The van der Waals surface area contributed by atoms with Crippen LogP contribution in [-0.4, -0.2) is 15.1 Å². The Kier molecular flexibility index (Phi) is 1.59. The van der Waals surface area contributed by atoms with E-state index in [0.717, 1.165) is 17.1 Å². The van der Waals surface area contributed by atoms with Gasteiger partial charge in [0.15, 0.2) is 0 Å². The van der Waals surface area contributed by atoms with Crippen molar-refractivity contribution in [2.75, 3.05) is 0 Å². The Morgan fingerprint density at radius 1 is 1.25 bits per heavy atom. The first kappa shape index (κ1) is 6.97. The summed E-state index contributed by atoms with van der Waals surface area (Å²) in [4.78, 5) is 8.23. The van der Waals surface area contributed by atoms with Gasteiger partial charge in [0.1, 0.15) is 17.7 Å². The van der Waals surface area contributed by atoms with Gasteiger partial charge in [0.25, 0.3) is 0 Å². The number of aromatic nitrogens is 3. The zero-order chi connectivity index (χ0) is 8.39. The molecule has 0 bridgehead atoms. The average Bonchev–Trinajstić information content (AvgIpc) is 2.57. The first-order valence-corrected chi connectivity index (χ1v) is 3.56. The highest BCUT2D eigenvalue weighted by Gasteiger charge is 2.05. The highest BCUT2D eigenvalue weighted by Crippen LogP contribution is 2.15. The Morgan fingerprint density at radius 3 is 2.75 bits per heavy atom. The maximum absolute atomic E-state index is 4.71. The summed E-state index contributed by atoms with van der Waals surface area (Å²) in [5.74, 6) is 0. The minimum atomic E-state index is 0.723. The Labute approximate surface area is 69.3 Å². The van der Waals surface area contributed by atoms with Crippen molar-refractivity contribution in [3.8, 4) is 11.4 Å². The molecule has 2 heterocycles. The van der Waals surface area contributed by atoms with E-state index in [-0.39, 0.29) is 0 Å². The van der Waals surface area contributed by atoms with Crippen molar-refractivity contribution in [2.24, 2.45) is 0 Å². The van der Waals surface area contributed by atoms with Gasteiger partial charge in [-0.05, 0) is 6.92 Å². The van der Waals surface area contributed by atoms with Crippen molar-refractivity contribution in [2.45, 2.75) is 6.92 Å². The third kappa shape index (κ3) is 1.07. The Morgan fingerprint density at radius 2 is 2.08 bits per heavy atom. The molecule has 0 amide bonds. The second kappa shape index (κ2) is 2.73. The highest BCUT2D eigenvalue weighted by molar-refractivity contribution is 5.54. The molecule has 0 unspecified atom stereocenters. The molecule has 60 valence electrons. The first-order valence-electron chi connectivity index (χ1n) is 3.56. The lowest BCUT2D eigenvalue weighted by Crippen LogP contribution is -1.90. The summed E-state index contributed by atoms with van der Waals surface area (Å²) in [6.45, 7) is 1.89. The van der Waals surface area contributed by atoms with Crippen LogP contribution < -0.4 is 0 Å². The fraction of sp³-hybridized carbons (Fsp3) is 0.125. The summed E-state index contributed by atoms with van der Waals surface area (Å²) >= 11 is 0. The minimum absolute atomic E-state index is 0.723. The molecule has 0 saturated carbocycles. The van der Waals surface area contributed by atoms with Gasteiger partial charge in [0.05, 0.1) is 5.69 Å². The van der Waals surface area contributed by atoms with E-state index in [9.17, 15) is 0 Å². The number of rotatable bonds is 1. The van der Waals surface area contributed by atoms with Crippen molar-refractivity contribution in [3.05, 3.63) is 30.4 Å². The predicted octanol–water partition coefficient (Wildman–Crippen LogP) is 1.44. The lowest BCUT2D eigenvalue weighted by molar-refractivity contribution is 0.422. The van der Waals surface area contributed by atoms with Gasteiger partial charge in [-0.25, -0.2) is 0 Å². The van der Waals surface area contributed by atoms with Crippen molar-refractivity contribution in [3.63, 3.8) is 0 Å². The molecule has 4 heteroatoms. The summed E-state index contributed by atoms with van der Waals surface area (Å²) in [6.07, 6.45) is 4.80. The normalized spacial score (nSPS) is 10.1. The van der Waals surface area contributed by atoms with E-state index in [1.165, 1.54) is 6.26 Å². The summed E-state index contributed by atoms with van der Waals surface area (Å²) in [7, 11) is 0. The van der Waals surface area contributed by atoms with Crippen LogP contribution in [0, 0.1) is 6.92 Å². The van der Waals surface area contributed by atoms with Gasteiger partial charge in [0.2, 0.25) is 0 Å². The number of hydrogen-bond donors (Lipinski definition) is 0. The van der Waals surface area contributed by atoms with E-state index < -0.39 is 0 Å². The SMILES string of the molecule is Cc1nccnc1-c1ccon1. The van der Waals surface area contributed by atoms with Crippen molar-refractivity contribution >= 4 is 0 Å². The zero-order valence-corrected chi connectivity index (χ0v) is 6.56. The van der Waals surface area contributed by atoms with Gasteiger partial charge in [-0.3, -0.25) is 9.97 Å². The van der Waals surface area contributed by atoms with Crippen LogP contribution in [0.2, 0.25) is 0 Å². The molecule has 0 aromatic carbocycles. The van der Waals surface area contributed by atoms with Gasteiger partial charge >= 0.3 is 0 Å². The molecule has 2 aromatic heterocycles. The summed E-state index contributed by atoms with van der Waals surface area (Å²) in [6, 6.07) is 1.76. The molecule has 2 rings (SSSR count). The third-order valence-electron chi connectivity index (χ3n) is 1.56. The second-order valence-electron chi connectivity index (χ2n) is 2.38. The van der Waals surface area contributed by atoms with E-state index >= 15 is 0 Å². The minimum Gasteiger partial charge on any atom is -0.364 e. The molecule has 0 fully saturated rings. The van der Waals surface area contributed by atoms with E-state index in [0.29, 0.717) is 0 Å². The van der Waals surface area contributed by atoms with E-state index in [2.05, 4.69) is 15.1 Å². The fourth-order valence-electron chi connectivity index (χ4n) is 0.994. The van der Waals surface area contributed by atoms with Crippen molar-refractivity contribution in [1.29, 1.82) is 0 Å². The van der Waals surface area contributed by atoms with Crippen LogP contribution >= 0.6 is 0 Å². The zero-order valence-electron chi connectivity index (χ0n) is 6.56. The smallest absolute Gasteiger partial charge is 0.134 e. The lowest BCUT2D eigenvalue weighted by Gasteiger charge is -1.96. The van der Waals surface area contributed by atoms with Gasteiger partial charge < -0.3 is 4.52 Å². The van der Waals surface area contributed by atoms with Gasteiger partial charge in [-0.2, -0.15) is 0 Å². The Balaban J connectivity index is 2.55. The largest absolute Gasteiger partial charge is 0.364 e. The topological polar surface area (TPSA) is 51.8 Å². The molecular weight excluding hydrogens is 154 g/mol. The van der Waals surface area contributed by atoms with Crippen LogP contribution in [0.15, 0.2) is 29.2 Å². The maximum Gasteiger partial charge on any atom is 0.134 e. The number of hydrogen-bond acceptors (Lipinski definition) is 4. The van der Waals surface area contributed by atoms with Crippen molar-refractivity contribution < 1.29 is 4.52 Å². The van der Waals surface area contributed by atoms with Crippen LogP contribution in [0.1, 0.15) is 5.69 Å². The molecule has 0 aliphatic heterocycles. The highest BCUT2D eigenvalue weighted by atomic mass is 16.5. The molecular formula is C8H7N3O. The predicted molar refractivity (Wildman–Crippen MR) is 42.3 cm³/mol. The molecule has 12 heavy (non-hydrogen) atoms. The van der Waals surface area contributed by atoms with E-state index in [1.54, 1.807) is 18.5 Å². The molecule has 0 aliphatic rings. The second-order valence-corrected chi connectivity index (χ2v) is 2.38. The summed E-state index contributed by atoms with van der Waals surface area (Å²) in [5, 5.41) is 3.77. The van der Waals surface area contributed by atoms with Crippen LogP contribution in [-0.2, 0) is 0 Å². The average molecular weight is 161 g/mol. The fourth-order valence-corrected chi connectivity index (χ4v) is 0.994. The number of aryl methyl sites for hydroxylation is 1. The molecule has 4 nitrogen and oxygen atoms in total. The van der Waals surface area contributed by atoms with Crippen LogP contribution in [0.25, 0.3) is 11.4 Å². The number of nitrogens with zero attached hydrogens (tertiary/aromatic N) is 3. The molecule has 0 spiro atoms. The first-order chi connectivity index (χ1) is 5.88. The summed E-state index contributed by atoms with van der Waals surface area (Å²) in [5.41, 5.74) is 2.35. The third-order valence-corrected chi connectivity index (χ3v) is 1.56. The molecule has 0 aliphatic carbocycles. The monoisotopic (exact) mass is 161 g/mol. The van der Waals surface area contributed by atoms with Crippen LogP contribution in [0.4, 0.5) is 0 Å². The Bertz CT molecular complexity index is 370. The van der Waals surface area contributed by atoms with Gasteiger partial charge in [0, 0.05) is 18.5 Å². The van der Waals surface area contributed by atoms with Gasteiger partial charge in [-0.15, -0.1) is 0 Å². The van der Waals surface area contributed by atoms with Crippen molar-refractivity contribution in [1.82, 2.24) is 15.1 Å².